The van der Waals surface area contributed by atoms with Crippen LogP contribution in [-0.4, -0.2) is 23.9 Å². The third-order valence-corrected chi connectivity index (χ3v) is 3.84. The van der Waals surface area contributed by atoms with E-state index in [1.807, 2.05) is 22.6 Å². The number of hydrogen-bond donors (Lipinski definition) is 0. The SMILES string of the molecule is Cc1cscc1C(=O)N1CCCC(C#N)C1. The van der Waals surface area contributed by atoms with Gasteiger partial charge < -0.3 is 4.90 Å². The minimum Gasteiger partial charge on any atom is -0.337 e. The van der Waals surface area contributed by atoms with Crippen molar-refractivity contribution in [3.63, 3.8) is 0 Å². The zero-order chi connectivity index (χ0) is 11.5. The summed E-state index contributed by atoms with van der Waals surface area (Å²) in [5.41, 5.74) is 1.83. The minimum absolute atomic E-state index is 0.0108. The second-order valence-electron chi connectivity index (χ2n) is 4.19. The first-order valence-corrected chi connectivity index (χ1v) is 6.38. The van der Waals surface area contributed by atoms with Crippen molar-refractivity contribution in [3.8, 4) is 6.07 Å². The molecule has 2 rings (SSSR count). The number of likely N-dealkylation sites (tertiary alicyclic amines) is 1. The van der Waals surface area contributed by atoms with Gasteiger partial charge in [0.05, 0.1) is 17.6 Å². The third-order valence-electron chi connectivity index (χ3n) is 2.98. The van der Waals surface area contributed by atoms with E-state index < -0.39 is 0 Å². The van der Waals surface area contributed by atoms with E-state index in [4.69, 9.17) is 5.26 Å². The van der Waals surface area contributed by atoms with E-state index >= 15 is 0 Å². The van der Waals surface area contributed by atoms with E-state index in [1.165, 1.54) is 0 Å². The predicted octanol–water partition coefficient (Wildman–Crippen LogP) is 2.43. The number of amides is 1. The number of thiophene rings is 1. The molecule has 0 spiro atoms. The van der Waals surface area contributed by atoms with Gasteiger partial charge in [-0.15, -0.1) is 0 Å². The molecule has 0 aliphatic carbocycles. The first-order valence-electron chi connectivity index (χ1n) is 5.44. The lowest BCUT2D eigenvalue weighted by Crippen LogP contribution is -2.39. The molecular weight excluding hydrogens is 220 g/mol. The smallest absolute Gasteiger partial charge is 0.255 e. The summed E-state index contributed by atoms with van der Waals surface area (Å²) >= 11 is 1.55. The van der Waals surface area contributed by atoms with Crippen LogP contribution in [0.5, 0.6) is 0 Å². The number of piperidine rings is 1. The second-order valence-corrected chi connectivity index (χ2v) is 4.93. The Morgan fingerprint density at radius 3 is 3.06 bits per heavy atom. The van der Waals surface area contributed by atoms with Crippen LogP contribution in [0.2, 0.25) is 0 Å². The van der Waals surface area contributed by atoms with Gasteiger partial charge in [0.1, 0.15) is 0 Å². The van der Waals surface area contributed by atoms with E-state index in [0.29, 0.717) is 6.54 Å². The van der Waals surface area contributed by atoms with Gasteiger partial charge in [-0.3, -0.25) is 4.79 Å². The number of nitrogens with zero attached hydrogens (tertiary/aromatic N) is 2. The summed E-state index contributed by atoms with van der Waals surface area (Å²) in [6, 6.07) is 2.26. The number of rotatable bonds is 1. The number of carbonyl (C=O) groups excluding carboxylic acids is 1. The molecule has 1 atom stereocenters. The maximum absolute atomic E-state index is 12.2. The van der Waals surface area contributed by atoms with E-state index in [-0.39, 0.29) is 11.8 Å². The maximum Gasteiger partial charge on any atom is 0.255 e. The zero-order valence-corrected chi connectivity index (χ0v) is 10.1. The van der Waals surface area contributed by atoms with E-state index in [1.54, 1.807) is 11.3 Å². The minimum atomic E-state index is 0.0108. The Labute approximate surface area is 99.3 Å². The number of carbonyl (C=O) groups is 1. The van der Waals surface area contributed by atoms with Gasteiger partial charge in [-0.2, -0.15) is 16.6 Å². The van der Waals surface area contributed by atoms with Crippen LogP contribution >= 0.6 is 11.3 Å². The molecule has 3 nitrogen and oxygen atoms in total. The highest BCUT2D eigenvalue weighted by Crippen LogP contribution is 2.21. The Morgan fingerprint density at radius 2 is 2.44 bits per heavy atom. The summed E-state index contributed by atoms with van der Waals surface area (Å²) in [5.74, 6) is 0.0929. The first-order chi connectivity index (χ1) is 7.72. The van der Waals surface area contributed by atoms with Gasteiger partial charge >= 0.3 is 0 Å². The highest BCUT2D eigenvalue weighted by atomic mass is 32.1. The van der Waals surface area contributed by atoms with Crippen LogP contribution in [0.4, 0.5) is 0 Å². The fourth-order valence-corrected chi connectivity index (χ4v) is 2.84. The molecule has 1 aromatic rings. The van der Waals surface area contributed by atoms with Crippen LogP contribution in [-0.2, 0) is 0 Å². The monoisotopic (exact) mass is 234 g/mol. The molecule has 0 aromatic carbocycles. The molecule has 0 bridgehead atoms. The number of hydrogen-bond acceptors (Lipinski definition) is 3. The maximum atomic E-state index is 12.2. The Hall–Kier alpha value is -1.34. The number of aryl methyl sites for hydroxylation is 1. The Kier molecular flexibility index (Phi) is 3.25. The topological polar surface area (TPSA) is 44.1 Å². The van der Waals surface area contributed by atoms with Gasteiger partial charge in [0.2, 0.25) is 0 Å². The molecule has 1 saturated heterocycles. The fourth-order valence-electron chi connectivity index (χ4n) is 2.02. The second kappa shape index (κ2) is 4.67. The molecule has 4 heteroatoms. The van der Waals surface area contributed by atoms with Crippen molar-refractivity contribution in [2.45, 2.75) is 19.8 Å². The molecular formula is C12H14N2OS. The average Bonchev–Trinajstić information content (AvgIpc) is 2.74. The molecule has 0 saturated carbocycles. The standard InChI is InChI=1S/C12H14N2OS/c1-9-7-16-8-11(9)12(15)14-4-2-3-10(5-13)6-14/h7-8,10H,2-4,6H2,1H3. The van der Waals surface area contributed by atoms with Crippen LogP contribution in [0.15, 0.2) is 10.8 Å². The quantitative estimate of drug-likeness (QED) is 0.749. The van der Waals surface area contributed by atoms with Crippen LogP contribution < -0.4 is 0 Å². The molecule has 16 heavy (non-hydrogen) atoms. The Morgan fingerprint density at radius 1 is 1.62 bits per heavy atom. The first kappa shape index (κ1) is 11.2. The molecule has 0 N–H and O–H groups in total. The number of nitriles is 1. The summed E-state index contributed by atoms with van der Waals surface area (Å²) in [4.78, 5) is 14.0. The van der Waals surface area contributed by atoms with Gasteiger partial charge in [-0.05, 0) is 30.7 Å². The van der Waals surface area contributed by atoms with Gasteiger partial charge in [0.25, 0.3) is 5.91 Å². The lowest BCUT2D eigenvalue weighted by Gasteiger charge is -2.29. The van der Waals surface area contributed by atoms with Crippen LogP contribution in [0.25, 0.3) is 0 Å². The van der Waals surface area contributed by atoms with Crippen molar-refractivity contribution >= 4 is 17.2 Å². The predicted molar refractivity (Wildman–Crippen MR) is 63.3 cm³/mol. The van der Waals surface area contributed by atoms with Crippen molar-refractivity contribution in [2.75, 3.05) is 13.1 Å². The molecule has 1 aliphatic rings. The van der Waals surface area contributed by atoms with Crippen molar-refractivity contribution in [2.24, 2.45) is 5.92 Å². The van der Waals surface area contributed by atoms with Crippen molar-refractivity contribution < 1.29 is 4.79 Å². The zero-order valence-electron chi connectivity index (χ0n) is 9.27. The van der Waals surface area contributed by atoms with E-state index in [2.05, 4.69) is 6.07 Å². The Bertz CT molecular complexity index is 432. The highest BCUT2D eigenvalue weighted by molar-refractivity contribution is 7.08. The summed E-state index contributed by atoms with van der Waals surface area (Å²) in [6.45, 7) is 3.33. The summed E-state index contributed by atoms with van der Waals surface area (Å²) in [7, 11) is 0. The third kappa shape index (κ3) is 2.10. The van der Waals surface area contributed by atoms with Gasteiger partial charge in [0.15, 0.2) is 0 Å². The van der Waals surface area contributed by atoms with Gasteiger partial charge in [0, 0.05) is 18.5 Å². The molecule has 1 aromatic heterocycles. The lowest BCUT2D eigenvalue weighted by molar-refractivity contribution is 0.0698. The van der Waals surface area contributed by atoms with Crippen LogP contribution in [0, 0.1) is 24.2 Å². The van der Waals surface area contributed by atoms with Crippen molar-refractivity contribution in [3.05, 3.63) is 21.9 Å². The molecule has 2 heterocycles. The van der Waals surface area contributed by atoms with Gasteiger partial charge in [-0.25, -0.2) is 0 Å². The average molecular weight is 234 g/mol. The molecule has 1 fully saturated rings. The lowest BCUT2D eigenvalue weighted by atomic mass is 9.99. The Balaban J connectivity index is 2.11. The summed E-state index contributed by atoms with van der Waals surface area (Å²) < 4.78 is 0. The molecule has 84 valence electrons. The van der Waals surface area contributed by atoms with Crippen molar-refractivity contribution in [1.29, 1.82) is 5.26 Å². The summed E-state index contributed by atoms with van der Waals surface area (Å²) in [5, 5.41) is 12.8. The van der Waals surface area contributed by atoms with E-state index in [9.17, 15) is 4.79 Å². The van der Waals surface area contributed by atoms with Crippen LogP contribution in [0.3, 0.4) is 0 Å². The fraction of sp³-hybridized carbons (Fsp3) is 0.500. The molecule has 0 radical (unpaired) electrons. The molecule has 1 aliphatic heterocycles. The normalized spacial score (nSPS) is 20.5. The van der Waals surface area contributed by atoms with E-state index in [0.717, 1.165) is 30.5 Å². The summed E-state index contributed by atoms with van der Waals surface area (Å²) in [6.07, 6.45) is 1.86. The molecule has 1 amide bonds. The largest absolute Gasteiger partial charge is 0.337 e. The van der Waals surface area contributed by atoms with Crippen molar-refractivity contribution in [1.82, 2.24) is 4.90 Å². The van der Waals surface area contributed by atoms with Gasteiger partial charge in [-0.1, -0.05) is 0 Å². The molecule has 1 unspecified atom stereocenters. The van der Waals surface area contributed by atoms with Crippen LogP contribution in [0.1, 0.15) is 28.8 Å². The highest BCUT2D eigenvalue weighted by Gasteiger charge is 2.25.